The van der Waals surface area contributed by atoms with Crippen molar-refractivity contribution in [2.24, 2.45) is 0 Å². The van der Waals surface area contributed by atoms with E-state index in [1.807, 2.05) is 20.8 Å². The summed E-state index contributed by atoms with van der Waals surface area (Å²) in [6.45, 7) is 5.75. The number of benzene rings is 1. The predicted molar refractivity (Wildman–Crippen MR) is 63.0 cm³/mol. The number of ether oxygens (including phenoxy) is 1. The van der Waals surface area contributed by atoms with Crippen molar-refractivity contribution in [1.82, 2.24) is 0 Å². The van der Waals surface area contributed by atoms with E-state index in [4.69, 9.17) is 10.5 Å². The van der Waals surface area contributed by atoms with E-state index >= 15 is 0 Å². The molecular formula is C11H16FNOS. The maximum absolute atomic E-state index is 13.4. The summed E-state index contributed by atoms with van der Waals surface area (Å²) < 4.78 is 18.8. The molecule has 0 radical (unpaired) electrons. The quantitative estimate of drug-likeness (QED) is 0.635. The second-order valence-electron chi connectivity index (χ2n) is 3.42. The van der Waals surface area contributed by atoms with E-state index in [-0.39, 0.29) is 11.9 Å². The number of rotatable bonds is 4. The minimum Gasteiger partial charge on any atom is -0.488 e. The third-order valence-corrected chi connectivity index (χ3v) is 2.68. The molecule has 0 fully saturated rings. The highest BCUT2D eigenvalue weighted by Crippen LogP contribution is 2.31. The molecule has 0 saturated heterocycles. The third kappa shape index (κ3) is 3.30. The van der Waals surface area contributed by atoms with Crippen molar-refractivity contribution in [1.29, 1.82) is 0 Å². The van der Waals surface area contributed by atoms with E-state index in [2.05, 4.69) is 0 Å². The van der Waals surface area contributed by atoms with Crippen molar-refractivity contribution in [2.45, 2.75) is 31.8 Å². The first kappa shape index (κ1) is 12.2. The summed E-state index contributed by atoms with van der Waals surface area (Å²) in [5.74, 6) is 0.772. The number of hydrogen-bond acceptors (Lipinski definition) is 3. The summed E-state index contributed by atoms with van der Waals surface area (Å²) in [6, 6.07) is 2.98. The molecule has 84 valence electrons. The lowest BCUT2D eigenvalue weighted by atomic mass is 10.3. The molecule has 0 spiro atoms. The van der Waals surface area contributed by atoms with Crippen LogP contribution in [-0.2, 0) is 0 Å². The Labute approximate surface area is 94.0 Å². The maximum Gasteiger partial charge on any atom is 0.167 e. The molecule has 0 aromatic heterocycles. The number of nitrogens with two attached hydrogens (primary N) is 1. The molecular weight excluding hydrogens is 213 g/mol. The molecule has 15 heavy (non-hydrogen) atoms. The van der Waals surface area contributed by atoms with Crippen LogP contribution in [0.2, 0.25) is 0 Å². The SMILES string of the molecule is CCSc1cc(OC(C)C)c(F)cc1N. The lowest BCUT2D eigenvalue weighted by Gasteiger charge is -2.13. The summed E-state index contributed by atoms with van der Waals surface area (Å²) in [5.41, 5.74) is 6.16. The molecule has 0 atom stereocenters. The van der Waals surface area contributed by atoms with E-state index in [9.17, 15) is 4.39 Å². The second kappa shape index (κ2) is 5.26. The van der Waals surface area contributed by atoms with Crippen LogP contribution >= 0.6 is 11.8 Å². The van der Waals surface area contributed by atoms with Crippen molar-refractivity contribution in [2.75, 3.05) is 11.5 Å². The van der Waals surface area contributed by atoms with Gasteiger partial charge in [0.2, 0.25) is 0 Å². The van der Waals surface area contributed by atoms with Gasteiger partial charge in [0.1, 0.15) is 0 Å². The molecule has 0 aliphatic heterocycles. The van der Waals surface area contributed by atoms with Gasteiger partial charge in [-0.25, -0.2) is 4.39 Å². The van der Waals surface area contributed by atoms with Gasteiger partial charge in [0.05, 0.1) is 6.10 Å². The maximum atomic E-state index is 13.4. The van der Waals surface area contributed by atoms with Gasteiger partial charge in [-0.3, -0.25) is 0 Å². The van der Waals surface area contributed by atoms with Gasteiger partial charge in [0.25, 0.3) is 0 Å². The third-order valence-electron chi connectivity index (χ3n) is 1.73. The molecule has 0 aliphatic rings. The van der Waals surface area contributed by atoms with Crippen molar-refractivity contribution >= 4 is 17.4 Å². The molecule has 1 aromatic rings. The highest BCUT2D eigenvalue weighted by Gasteiger charge is 2.10. The lowest BCUT2D eigenvalue weighted by molar-refractivity contribution is 0.230. The summed E-state index contributed by atoms with van der Waals surface area (Å²) in [4.78, 5) is 0.870. The Bertz CT molecular complexity index is 342. The molecule has 0 bridgehead atoms. The van der Waals surface area contributed by atoms with Gasteiger partial charge < -0.3 is 10.5 Å². The van der Waals surface area contributed by atoms with E-state index in [0.717, 1.165) is 10.6 Å². The Kier molecular flexibility index (Phi) is 4.27. The van der Waals surface area contributed by atoms with Crippen LogP contribution in [0.15, 0.2) is 17.0 Å². The average molecular weight is 229 g/mol. The standard InChI is InChI=1S/C11H16FNOS/c1-4-15-11-6-10(14-7(2)3)8(12)5-9(11)13/h5-7H,4,13H2,1-3H3. The summed E-state index contributed by atoms with van der Waals surface area (Å²) in [7, 11) is 0. The fourth-order valence-electron chi connectivity index (χ4n) is 1.17. The zero-order chi connectivity index (χ0) is 11.4. The molecule has 0 aliphatic carbocycles. The summed E-state index contributed by atoms with van der Waals surface area (Å²) in [6.07, 6.45) is -0.0393. The average Bonchev–Trinajstić information content (AvgIpc) is 2.12. The van der Waals surface area contributed by atoms with E-state index in [0.29, 0.717) is 5.69 Å². The molecule has 0 amide bonds. The van der Waals surface area contributed by atoms with E-state index in [1.165, 1.54) is 6.07 Å². The van der Waals surface area contributed by atoms with Gasteiger partial charge in [0.15, 0.2) is 11.6 Å². The van der Waals surface area contributed by atoms with Gasteiger partial charge in [-0.1, -0.05) is 6.92 Å². The topological polar surface area (TPSA) is 35.2 Å². The van der Waals surface area contributed by atoms with Gasteiger partial charge in [-0.2, -0.15) is 0 Å². The number of anilines is 1. The molecule has 4 heteroatoms. The number of halogens is 1. The molecule has 0 unspecified atom stereocenters. The molecule has 1 aromatic carbocycles. The van der Waals surface area contributed by atoms with Crippen LogP contribution in [-0.4, -0.2) is 11.9 Å². The van der Waals surface area contributed by atoms with Gasteiger partial charge in [-0.15, -0.1) is 11.8 Å². The van der Waals surface area contributed by atoms with E-state index in [1.54, 1.807) is 17.8 Å². The minimum absolute atomic E-state index is 0.0393. The fourth-order valence-corrected chi connectivity index (χ4v) is 1.90. The summed E-state index contributed by atoms with van der Waals surface area (Å²) in [5, 5.41) is 0. The highest BCUT2D eigenvalue weighted by atomic mass is 32.2. The Morgan fingerprint density at radius 3 is 2.67 bits per heavy atom. The normalized spacial score (nSPS) is 10.7. The van der Waals surface area contributed by atoms with Crippen LogP contribution < -0.4 is 10.5 Å². The highest BCUT2D eigenvalue weighted by molar-refractivity contribution is 7.99. The van der Waals surface area contributed by atoms with Crippen LogP contribution in [0.25, 0.3) is 0 Å². The molecule has 2 N–H and O–H groups in total. The first-order valence-corrected chi connectivity index (χ1v) is 5.91. The molecule has 2 nitrogen and oxygen atoms in total. The second-order valence-corrected chi connectivity index (χ2v) is 4.73. The van der Waals surface area contributed by atoms with Gasteiger partial charge in [0, 0.05) is 16.6 Å². The van der Waals surface area contributed by atoms with Crippen molar-refractivity contribution in [3.8, 4) is 5.75 Å². The predicted octanol–water partition coefficient (Wildman–Crippen LogP) is 3.31. The zero-order valence-electron chi connectivity index (χ0n) is 9.21. The molecule has 0 saturated carbocycles. The Morgan fingerprint density at radius 1 is 1.47 bits per heavy atom. The zero-order valence-corrected chi connectivity index (χ0v) is 10.0. The van der Waals surface area contributed by atoms with E-state index < -0.39 is 5.82 Å². The van der Waals surface area contributed by atoms with Crippen molar-refractivity contribution in [3.63, 3.8) is 0 Å². The first-order chi connectivity index (χ1) is 7.04. The minimum atomic E-state index is -0.401. The van der Waals surface area contributed by atoms with Gasteiger partial charge >= 0.3 is 0 Å². The number of thioether (sulfide) groups is 1. The van der Waals surface area contributed by atoms with Crippen LogP contribution in [0.3, 0.4) is 0 Å². The first-order valence-electron chi connectivity index (χ1n) is 4.93. The largest absolute Gasteiger partial charge is 0.488 e. The monoisotopic (exact) mass is 229 g/mol. The number of nitrogen functional groups attached to an aromatic ring is 1. The number of hydrogen-bond donors (Lipinski definition) is 1. The molecule has 1 rings (SSSR count). The fraction of sp³-hybridized carbons (Fsp3) is 0.455. The van der Waals surface area contributed by atoms with Crippen LogP contribution in [0.5, 0.6) is 5.75 Å². The van der Waals surface area contributed by atoms with Crippen molar-refractivity contribution in [3.05, 3.63) is 17.9 Å². The smallest absolute Gasteiger partial charge is 0.167 e. The van der Waals surface area contributed by atoms with Crippen LogP contribution in [0, 0.1) is 5.82 Å². The lowest BCUT2D eigenvalue weighted by Crippen LogP contribution is -2.07. The molecule has 0 heterocycles. The Morgan fingerprint density at radius 2 is 2.13 bits per heavy atom. The van der Waals surface area contributed by atoms with Gasteiger partial charge in [-0.05, 0) is 25.7 Å². The van der Waals surface area contributed by atoms with Crippen molar-refractivity contribution < 1.29 is 9.13 Å². The summed E-state index contributed by atoms with van der Waals surface area (Å²) >= 11 is 1.58. The Balaban J connectivity index is 3.00. The van der Waals surface area contributed by atoms with Crippen LogP contribution in [0.1, 0.15) is 20.8 Å². The Hall–Kier alpha value is -0.900. The van der Waals surface area contributed by atoms with Crippen LogP contribution in [0.4, 0.5) is 10.1 Å².